The van der Waals surface area contributed by atoms with Crippen LogP contribution < -0.4 is 11.1 Å². The number of alkyl halides is 3. The summed E-state index contributed by atoms with van der Waals surface area (Å²) in [5.41, 5.74) is 5.00. The molecule has 1 aromatic rings. The standard InChI is InChI=1S/C13H15F3N2O3/c14-13(15,16)9-3-1-8(2-4-9)7-18-11(19)6-5-10(17)12(20)21/h1-4,10H,5-7,17H2,(H,18,19)(H,20,21). The second-order valence-electron chi connectivity index (χ2n) is 4.45. The van der Waals surface area contributed by atoms with Crippen molar-refractivity contribution >= 4 is 11.9 Å². The molecule has 0 bridgehead atoms. The lowest BCUT2D eigenvalue weighted by Gasteiger charge is -2.09. The van der Waals surface area contributed by atoms with Crippen molar-refractivity contribution in [2.75, 3.05) is 0 Å². The molecule has 116 valence electrons. The summed E-state index contributed by atoms with van der Waals surface area (Å²) in [6.45, 7) is 0.0687. The first kappa shape index (κ1) is 17.0. The van der Waals surface area contributed by atoms with Gasteiger partial charge in [-0.25, -0.2) is 0 Å². The molecule has 1 atom stereocenters. The molecule has 0 spiro atoms. The van der Waals surface area contributed by atoms with Crippen LogP contribution in [0.2, 0.25) is 0 Å². The van der Waals surface area contributed by atoms with E-state index in [4.69, 9.17) is 10.8 Å². The van der Waals surface area contributed by atoms with Gasteiger partial charge in [0.25, 0.3) is 0 Å². The fourth-order valence-corrected chi connectivity index (χ4v) is 1.51. The topological polar surface area (TPSA) is 92.4 Å². The highest BCUT2D eigenvalue weighted by molar-refractivity contribution is 5.78. The first-order valence-electron chi connectivity index (χ1n) is 6.11. The Morgan fingerprint density at radius 3 is 2.29 bits per heavy atom. The summed E-state index contributed by atoms with van der Waals surface area (Å²) in [5, 5.41) is 11.0. The van der Waals surface area contributed by atoms with Gasteiger partial charge in [0.1, 0.15) is 6.04 Å². The number of hydrogen-bond acceptors (Lipinski definition) is 3. The summed E-state index contributed by atoms with van der Waals surface area (Å²) in [6.07, 6.45) is -4.46. The van der Waals surface area contributed by atoms with Gasteiger partial charge in [-0.15, -0.1) is 0 Å². The molecular weight excluding hydrogens is 289 g/mol. The van der Waals surface area contributed by atoms with E-state index in [-0.39, 0.29) is 19.4 Å². The molecular formula is C13H15F3N2O3. The van der Waals surface area contributed by atoms with Gasteiger partial charge < -0.3 is 16.2 Å². The molecule has 0 aliphatic rings. The van der Waals surface area contributed by atoms with Crippen LogP contribution in [-0.4, -0.2) is 23.0 Å². The van der Waals surface area contributed by atoms with E-state index < -0.39 is 29.7 Å². The number of nitrogens with two attached hydrogens (primary N) is 1. The summed E-state index contributed by atoms with van der Waals surface area (Å²) >= 11 is 0. The van der Waals surface area contributed by atoms with E-state index in [1.54, 1.807) is 0 Å². The van der Waals surface area contributed by atoms with E-state index in [1.165, 1.54) is 12.1 Å². The van der Waals surface area contributed by atoms with E-state index in [0.717, 1.165) is 12.1 Å². The summed E-state index contributed by atoms with van der Waals surface area (Å²) in [6, 6.07) is 3.30. The van der Waals surface area contributed by atoms with E-state index in [0.29, 0.717) is 5.56 Å². The van der Waals surface area contributed by atoms with Gasteiger partial charge in [0, 0.05) is 13.0 Å². The molecule has 1 rings (SSSR count). The number of nitrogens with one attached hydrogen (secondary N) is 1. The Morgan fingerprint density at radius 2 is 1.81 bits per heavy atom. The van der Waals surface area contributed by atoms with Gasteiger partial charge in [-0.1, -0.05) is 12.1 Å². The number of carboxylic acid groups (broad SMARTS) is 1. The first-order valence-corrected chi connectivity index (χ1v) is 6.11. The Kier molecular flexibility index (Phi) is 5.71. The minimum atomic E-state index is -4.39. The van der Waals surface area contributed by atoms with Gasteiger partial charge in [0.2, 0.25) is 5.91 Å². The molecule has 5 nitrogen and oxygen atoms in total. The molecule has 0 heterocycles. The number of benzene rings is 1. The van der Waals surface area contributed by atoms with Gasteiger partial charge in [-0.05, 0) is 24.1 Å². The van der Waals surface area contributed by atoms with Gasteiger partial charge in [0.05, 0.1) is 5.56 Å². The smallest absolute Gasteiger partial charge is 0.416 e. The zero-order valence-corrected chi connectivity index (χ0v) is 11.0. The van der Waals surface area contributed by atoms with Crippen LogP contribution in [-0.2, 0) is 22.3 Å². The van der Waals surface area contributed by atoms with Crippen molar-refractivity contribution in [3.63, 3.8) is 0 Å². The van der Waals surface area contributed by atoms with Crippen LogP contribution in [0.15, 0.2) is 24.3 Å². The highest BCUT2D eigenvalue weighted by Crippen LogP contribution is 2.28. The Morgan fingerprint density at radius 1 is 1.24 bits per heavy atom. The molecule has 4 N–H and O–H groups in total. The number of halogens is 3. The maximum atomic E-state index is 12.3. The fraction of sp³-hybridized carbons (Fsp3) is 0.385. The van der Waals surface area contributed by atoms with Crippen molar-refractivity contribution in [1.82, 2.24) is 5.32 Å². The number of carbonyl (C=O) groups is 2. The number of amides is 1. The Balaban J connectivity index is 2.41. The number of carbonyl (C=O) groups excluding carboxylic acids is 1. The van der Waals surface area contributed by atoms with E-state index in [1.807, 2.05) is 0 Å². The SMILES string of the molecule is NC(CCC(=O)NCc1ccc(C(F)(F)F)cc1)C(=O)O. The zero-order valence-electron chi connectivity index (χ0n) is 11.0. The van der Waals surface area contributed by atoms with Crippen LogP contribution in [0.1, 0.15) is 24.0 Å². The van der Waals surface area contributed by atoms with Gasteiger partial charge in [0.15, 0.2) is 0 Å². The Bertz CT molecular complexity index is 500. The summed E-state index contributed by atoms with van der Waals surface area (Å²) in [5.74, 6) is -1.60. The molecule has 0 aliphatic carbocycles. The average molecular weight is 304 g/mol. The molecule has 0 radical (unpaired) electrons. The fourth-order valence-electron chi connectivity index (χ4n) is 1.51. The zero-order chi connectivity index (χ0) is 16.0. The van der Waals surface area contributed by atoms with Crippen molar-refractivity contribution in [1.29, 1.82) is 0 Å². The lowest BCUT2D eigenvalue weighted by molar-refractivity contribution is -0.139. The van der Waals surface area contributed by atoms with Crippen LogP contribution in [0.25, 0.3) is 0 Å². The Labute approximate surface area is 118 Å². The predicted molar refractivity (Wildman–Crippen MR) is 68.1 cm³/mol. The van der Waals surface area contributed by atoms with Gasteiger partial charge in [-0.3, -0.25) is 9.59 Å². The van der Waals surface area contributed by atoms with Crippen molar-refractivity contribution < 1.29 is 27.9 Å². The second kappa shape index (κ2) is 7.07. The van der Waals surface area contributed by atoms with E-state index in [9.17, 15) is 22.8 Å². The normalized spacial score (nSPS) is 12.8. The number of hydrogen-bond donors (Lipinski definition) is 3. The summed E-state index contributed by atoms with van der Waals surface area (Å²) < 4.78 is 37.0. The lowest BCUT2D eigenvalue weighted by atomic mass is 10.1. The molecule has 1 unspecified atom stereocenters. The second-order valence-corrected chi connectivity index (χ2v) is 4.45. The first-order chi connectivity index (χ1) is 9.70. The van der Waals surface area contributed by atoms with Crippen LogP contribution in [0.4, 0.5) is 13.2 Å². The van der Waals surface area contributed by atoms with Crippen molar-refractivity contribution in [2.24, 2.45) is 5.73 Å². The van der Waals surface area contributed by atoms with Crippen LogP contribution in [0, 0.1) is 0 Å². The van der Waals surface area contributed by atoms with Gasteiger partial charge in [-0.2, -0.15) is 13.2 Å². The highest BCUT2D eigenvalue weighted by Gasteiger charge is 2.29. The average Bonchev–Trinajstić information content (AvgIpc) is 2.41. The van der Waals surface area contributed by atoms with Crippen molar-refractivity contribution in [3.8, 4) is 0 Å². The summed E-state index contributed by atoms with van der Waals surface area (Å²) in [7, 11) is 0. The molecule has 21 heavy (non-hydrogen) atoms. The predicted octanol–water partition coefficient (Wildman–Crippen LogP) is 1.51. The van der Waals surface area contributed by atoms with Crippen LogP contribution in [0.5, 0.6) is 0 Å². The molecule has 0 aliphatic heterocycles. The maximum absolute atomic E-state index is 12.3. The molecule has 0 fully saturated rings. The van der Waals surface area contributed by atoms with Crippen molar-refractivity contribution in [3.05, 3.63) is 35.4 Å². The third-order valence-corrected chi connectivity index (χ3v) is 2.77. The van der Waals surface area contributed by atoms with Crippen molar-refractivity contribution in [2.45, 2.75) is 31.6 Å². The van der Waals surface area contributed by atoms with E-state index in [2.05, 4.69) is 5.32 Å². The number of carboxylic acids is 1. The third-order valence-electron chi connectivity index (χ3n) is 2.77. The molecule has 1 aromatic carbocycles. The minimum Gasteiger partial charge on any atom is -0.480 e. The molecule has 1 amide bonds. The largest absolute Gasteiger partial charge is 0.480 e. The lowest BCUT2D eigenvalue weighted by Crippen LogP contribution is -2.32. The summed E-state index contributed by atoms with van der Waals surface area (Å²) in [4.78, 5) is 21.9. The van der Waals surface area contributed by atoms with Gasteiger partial charge >= 0.3 is 12.1 Å². The van der Waals surface area contributed by atoms with Crippen LogP contribution in [0.3, 0.4) is 0 Å². The third kappa shape index (κ3) is 5.82. The van der Waals surface area contributed by atoms with Crippen LogP contribution >= 0.6 is 0 Å². The minimum absolute atomic E-state index is 0.00578. The number of aliphatic carboxylic acids is 1. The molecule has 0 saturated heterocycles. The maximum Gasteiger partial charge on any atom is 0.416 e. The molecule has 0 saturated carbocycles. The molecule has 8 heteroatoms. The monoisotopic (exact) mass is 304 g/mol. The van der Waals surface area contributed by atoms with E-state index >= 15 is 0 Å². The number of rotatable bonds is 6. The molecule has 0 aromatic heterocycles. The highest BCUT2D eigenvalue weighted by atomic mass is 19.4. The quantitative estimate of drug-likeness (QED) is 0.743. The Hall–Kier alpha value is -2.09.